The third-order valence-electron chi connectivity index (χ3n) is 5.44. The fourth-order valence-electron chi connectivity index (χ4n) is 3.78. The highest BCUT2D eigenvalue weighted by Gasteiger charge is 2.16. The number of benzene rings is 3. The van der Waals surface area contributed by atoms with E-state index in [1.54, 1.807) is 24.3 Å². The van der Waals surface area contributed by atoms with Crippen molar-refractivity contribution >= 4 is 34.4 Å². The molecule has 0 aromatic heterocycles. The largest absolute Gasteiger partial charge is 0.508 e. The minimum Gasteiger partial charge on any atom is -0.508 e. The Kier molecular flexibility index (Phi) is 8.56. The van der Waals surface area contributed by atoms with Gasteiger partial charge >= 0.3 is 5.97 Å². The van der Waals surface area contributed by atoms with Gasteiger partial charge in [0.25, 0.3) is 5.91 Å². The minimum atomic E-state index is -0.935. The number of thioether (sulfide) groups is 1. The van der Waals surface area contributed by atoms with E-state index >= 15 is 0 Å². The summed E-state index contributed by atoms with van der Waals surface area (Å²) >= 11 is 1.94. The van der Waals surface area contributed by atoms with E-state index < -0.39 is 5.97 Å². The van der Waals surface area contributed by atoms with Crippen LogP contribution in [0.25, 0.3) is 10.8 Å². The highest BCUT2D eigenvalue weighted by Crippen LogP contribution is 2.33. The van der Waals surface area contributed by atoms with Gasteiger partial charge in [0.15, 0.2) is 0 Å². The van der Waals surface area contributed by atoms with Crippen molar-refractivity contribution in [2.45, 2.75) is 32.1 Å². The first-order valence-electron chi connectivity index (χ1n) is 10.9. The summed E-state index contributed by atoms with van der Waals surface area (Å²) in [4.78, 5) is 22.9. The molecule has 0 spiro atoms. The van der Waals surface area contributed by atoms with E-state index in [9.17, 15) is 14.7 Å². The lowest BCUT2D eigenvalue weighted by Gasteiger charge is -2.19. The number of hydrogen-bond donors (Lipinski definition) is 3. The Bertz CT molecular complexity index is 1070. The molecule has 0 heterocycles. The maximum atomic E-state index is 12.3. The number of aliphatic carboxylic acids is 1. The molecule has 0 aliphatic carbocycles. The van der Waals surface area contributed by atoms with Gasteiger partial charge < -0.3 is 15.5 Å². The van der Waals surface area contributed by atoms with Crippen molar-refractivity contribution in [3.05, 3.63) is 77.4 Å². The predicted octanol–water partition coefficient (Wildman–Crippen LogP) is 5.42. The average Bonchev–Trinajstić information content (AvgIpc) is 2.79. The van der Waals surface area contributed by atoms with Crippen LogP contribution < -0.4 is 5.32 Å². The zero-order chi connectivity index (χ0) is 22.9. The van der Waals surface area contributed by atoms with Gasteiger partial charge in [0.05, 0.1) is 6.42 Å². The number of rotatable bonds is 11. The van der Waals surface area contributed by atoms with Crippen molar-refractivity contribution in [1.29, 1.82) is 0 Å². The fourth-order valence-corrected chi connectivity index (χ4v) is 4.44. The van der Waals surface area contributed by atoms with Crippen LogP contribution in [0.5, 0.6) is 5.75 Å². The molecule has 0 radical (unpaired) electrons. The number of hydrogen-bond acceptors (Lipinski definition) is 4. The Hall–Kier alpha value is -2.99. The van der Waals surface area contributed by atoms with Crippen LogP contribution in [0.15, 0.2) is 60.7 Å². The molecule has 6 heteroatoms. The number of carbonyl (C=O) groups is 2. The Morgan fingerprint density at radius 1 is 0.969 bits per heavy atom. The number of carboxylic acid groups (broad SMARTS) is 1. The first-order valence-corrected chi connectivity index (χ1v) is 12.0. The molecule has 5 nitrogen and oxygen atoms in total. The molecule has 3 aromatic carbocycles. The number of carboxylic acids is 1. The van der Waals surface area contributed by atoms with E-state index in [1.807, 2.05) is 36.0 Å². The quantitative estimate of drug-likeness (QED) is 0.339. The third kappa shape index (κ3) is 6.50. The molecule has 0 aliphatic heterocycles. The molecule has 0 saturated carbocycles. The number of fused-ring (bicyclic) bond motifs is 1. The van der Waals surface area contributed by atoms with E-state index in [2.05, 4.69) is 24.4 Å². The van der Waals surface area contributed by atoms with Gasteiger partial charge in [0.1, 0.15) is 5.75 Å². The van der Waals surface area contributed by atoms with Crippen molar-refractivity contribution < 1.29 is 19.8 Å². The van der Waals surface area contributed by atoms with Crippen LogP contribution in [0, 0.1) is 0 Å². The van der Waals surface area contributed by atoms with Crippen molar-refractivity contribution in [3.8, 4) is 5.75 Å². The molecule has 0 saturated heterocycles. The number of amides is 1. The van der Waals surface area contributed by atoms with Gasteiger partial charge in [0.2, 0.25) is 0 Å². The number of phenolic OH excluding ortho intramolecular Hbond substituents is 1. The second-order valence-electron chi connectivity index (χ2n) is 7.70. The summed E-state index contributed by atoms with van der Waals surface area (Å²) < 4.78 is 0. The molecular formula is C26H29NO4S. The zero-order valence-corrected chi connectivity index (χ0v) is 19.0. The summed E-state index contributed by atoms with van der Waals surface area (Å²) in [7, 11) is 0. The molecule has 1 atom stereocenters. The number of aromatic hydroxyl groups is 1. The van der Waals surface area contributed by atoms with Crippen LogP contribution in [0.3, 0.4) is 0 Å². The maximum Gasteiger partial charge on any atom is 0.305 e. The van der Waals surface area contributed by atoms with Crippen molar-refractivity contribution in [2.75, 3.05) is 18.1 Å². The van der Waals surface area contributed by atoms with E-state index in [1.165, 1.54) is 5.56 Å². The third-order valence-corrected chi connectivity index (χ3v) is 6.42. The van der Waals surface area contributed by atoms with Gasteiger partial charge in [-0.3, -0.25) is 9.59 Å². The Labute approximate surface area is 192 Å². The van der Waals surface area contributed by atoms with Gasteiger partial charge in [0, 0.05) is 18.0 Å². The first-order chi connectivity index (χ1) is 15.5. The van der Waals surface area contributed by atoms with Crippen LogP contribution in [-0.4, -0.2) is 40.1 Å². The van der Waals surface area contributed by atoms with Crippen LogP contribution in [-0.2, 0) is 4.79 Å². The van der Waals surface area contributed by atoms with Gasteiger partial charge in [-0.1, -0.05) is 43.3 Å². The molecule has 3 N–H and O–H groups in total. The van der Waals surface area contributed by atoms with E-state index in [0.717, 1.165) is 40.7 Å². The molecule has 3 rings (SSSR count). The van der Waals surface area contributed by atoms with Gasteiger partial charge in [-0.05, 0) is 70.5 Å². The number of carbonyl (C=O) groups excluding carboxylic acids is 1. The highest BCUT2D eigenvalue weighted by molar-refractivity contribution is 7.99. The molecule has 3 aromatic rings. The SMILES string of the molecule is CCSCCCC(c1ccc(C(=O)NCCC(=O)O)cc1)c1ccc2cc(O)ccc2c1. The summed E-state index contributed by atoms with van der Waals surface area (Å²) in [5, 5.41) is 23.2. The first kappa shape index (κ1) is 23.7. The molecular weight excluding hydrogens is 422 g/mol. The zero-order valence-electron chi connectivity index (χ0n) is 18.2. The Morgan fingerprint density at radius 2 is 1.66 bits per heavy atom. The van der Waals surface area contributed by atoms with Crippen molar-refractivity contribution in [1.82, 2.24) is 5.32 Å². The second-order valence-corrected chi connectivity index (χ2v) is 9.10. The van der Waals surface area contributed by atoms with Crippen molar-refractivity contribution in [3.63, 3.8) is 0 Å². The summed E-state index contributed by atoms with van der Waals surface area (Å²) in [6, 6.07) is 19.3. The van der Waals surface area contributed by atoms with Gasteiger partial charge in [-0.25, -0.2) is 0 Å². The second kappa shape index (κ2) is 11.6. The standard InChI is InChI=1S/C26H29NO4S/c1-2-32-15-3-4-24(22-10-9-21-17-23(28)12-11-20(21)16-22)18-5-7-19(8-6-18)26(31)27-14-13-25(29)30/h5-12,16-17,24,28H,2-4,13-15H2,1H3,(H,27,31)(H,29,30). The van der Waals surface area contributed by atoms with Crippen LogP contribution in [0.1, 0.15) is 53.6 Å². The normalized spacial score (nSPS) is 11.9. The lowest BCUT2D eigenvalue weighted by molar-refractivity contribution is -0.136. The number of nitrogens with one attached hydrogen (secondary N) is 1. The summed E-state index contributed by atoms with van der Waals surface area (Å²) in [6.45, 7) is 2.28. The Morgan fingerprint density at radius 3 is 2.38 bits per heavy atom. The fraction of sp³-hybridized carbons (Fsp3) is 0.308. The predicted molar refractivity (Wildman–Crippen MR) is 131 cm³/mol. The summed E-state index contributed by atoms with van der Waals surface area (Å²) in [5.41, 5.74) is 2.88. The average molecular weight is 452 g/mol. The lowest BCUT2D eigenvalue weighted by Crippen LogP contribution is -2.25. The molecule has 0 fully saturated rings. The van der Waals surface area contributed by atoms with Gasteiger partial charge in [-0.15, -0.1) is 0 Å². The van der Waals surface area contributed by atoms with Crippen LogP contribution in [0.2, 0.25) is 0 Å². The van der Waals surface area contributed by atoms with Crippen LogP contribution >= 0.6 is 11.8 Å². The van der Waals surface area contributed by atoms with Gasteiger partial charge in [-0.2, -0.15) is 11.8 Å². The van der Waals surface area contributed by atoms with E-state index in [4.69, 9.17) is 5.11 Å². The summed E-state index contributed by atoms with van der Waals surface area (Å²) in [5.74, 6) is 1.48. The van der Waals surface area contributed by atoms with Crippen LogP contribution in [0.4, 0.5) is 0 Å². The maximum absolute atomic E-state index is 12.3. The molecule has 32 heavy (non-hydrogen) atoms. The molecule has 168 valence electrons. The topological polar surface area (TPSA) is 86.6 Å². The summed E-state index contributed by atoms with van der Waals surface area (Å²) in [6.07, 6.45) is 2.00. The van der Waals surface area contributed by atoms with Crippen molar-refractivity contribution in [2.24, 2.45) is 0 Å². The number of phenols is 1. The molecule has 1 amide bonds. The minimum absolute atomic E-state index is 0.0958. The molecule has 0 bridgehead atoms. The monoisotopic (exact) mass is 451 g/mol. The lowest BCUT2D eigenvalue weighted by atomic mass is 9.86. The molecule has 1 unspecified atom stereocenters. The van der Waals surface area contributed by atoms with E-state index in [0.29, 0.717) is 5.56 Å². The molecule has 0 aliphatic rings. The Balaban J connectivity index is 1.81. The smallest absolute Gasteiger partial charge is 0.305 e. The van der Waals surface area contributed by atoms with E-state index in [-0.39, 0.29) is 30.5 Å². The highest BCUT2D eigenvalue weighted by atomic mass is 32.2.